The number of nitrogens with zero attached hydrogens (tertiary/aromatic N) is 7. The molecule has 0 unspecified atom stereocenters. The van der Waals surface area contributed by atoms with Gasteiger partial charge in [0.1, 0.15) is 10.8 Å². The van der Waals surface area contributed by atoms with E-state index in [1.807, 2.05) is 30.3 Å². The summed E-state index contributed by atoms with van der Waals surface area (Å²) in [7, 11) is 1.62. The number of carbonyl (C=O) groups is 3. The SMILES string of the molecule is CCOC(=O)c1n[nH]nc1Sc1ccc(Cl)c(Cl)c1.CCOC(=O)c1nnn(Cc2ccc(OC)cc2)c1Sc1ccc(Cl)c(Cl)c1.O=C(O)c1n[nH]nc1Sc1ccc(Cl)c(Cl)c1.Sc1ccc(Cl)c(Cl)c1. The van der Waals surface area contributed by atoms with Crippen LogP contribution in [0, 0.1) is 0 Å². The Labute approximate surface area is 475 Å². The number of hydrogen-bond donors (Lipinski definition) is 4. The van der Waals surface area contributed by atoms with Gasteiger partial charge in [-0.25, -0.2) is 19.1 Å². The molecule has 0 aliphatic carbocycles. The number of benzene rings is 5. The number of H-pyrrole nitrogens is 2. The summed E-state index contributed by atoms with van der Waals surface area (Å²) in [5.74, 6) is -1.41. The third kappa shape index (κ3) is 18.1. The molecule has 8 aromatic rings. The van der Waals surface area contributed by atoms with Crippen LogP contribution in [-0.4, -0.2) is 89.2 Å². The van der Waals surface area contributed by atoms with Gasteiger partial charge in [-0.05, 0) is 104 Å². The number of nitrogens with one attached hydrogen (secondary N) is 2. The molecule has 73 heavy (non-hydrogen) atoms. The van der Waals surface area contributed by atoms with E-state index in [2.05, 4.69) is 53.8 Å². The zero-order chi connectivity index (χ0) is 53.2. The number of aromatic carboxylic acids is 1. The number of aromatic amines is 2. The monoisotopic (exact) mass is 1220 g/mol. The second-order valence-corrected chi connectivity index (χ2v) is 20.5. The maximum atomic E-state index is 12.3. The van der Waals surface area contributed by atoms with Crippen molar-refractivity contribution in [1.82, 2.24) is 45.8 Å². The molecule has 0 saturated carbocycles. The summed E-state index contributed by atoms with van der Waals surface area (Å²) in [4.78, 5) is 37.9. The highest BCUT2D eigenvalue weighted by Crippen LogP contribution is 2.36. The van der Waals surface area contributed by atoms with Crippen LogP contribution in [0.3, 0.4) is 0 Å². The molecule has 0 fully saturated rings. The van der Waals surface area contributed by atoms with Crippen molar-refractivity contribution in [3.63, 3.8) is 0 Å². The van der Waals surface area contributed by atoms with Crippen LogP contribution in [0.25, 0.3) is 0 Å². The first-order valence-corrected chi connectivity index (χ1v) is 26.3. The second kappa shape index (κ2) is 29.5. The van der Waals surface area contributed by atoms with Gasteiger partial charge < -0.3 is 19.3 Å². The van der Waals surface area contributed by atoms with E-state index in [9.17, 15) is 14.4 Å². The smallest absolute Gasteiger partial charge is 0.361 e. The summed E-state index contributed by atoms with van der Waals surface area (Å²) in [6.07, 6.45) is 0. The Balaban J connectivity index is 0.000000192. The number of carboxylic acid groups (broad SMARTS) is 1. The van der Waals surface area contributed by atoms with E-state index in [1.165, 1.54) is 23.5 Å². The second-order valence-electron chi connectivity index (χ2n) is 13.6. The number of esters is 2. The largest absolute Gasteiger partial charge is 0.497 e. The molecule has 382 valence electrons. The average Bonchev–Trinajstić information content (AvgIpc) is 4.13. The summed E-state index contributed by atoms with van der Waals surface area (Å²) in [5.41, 5.74) is 1.17. The first kappa shape index (κ1) is 59.3. The van der Waals surface area contributed by atoms with E-state index < -0.39 is 17.9 Å². The predicted molar refractivity (Wildman–Crippen MR) is 289 cm³/mol. The van der Waals surface area contributed by atoms with Gasteiger partial charge in [0.15, 0.2) is 10.1 Å². The van der Waals surface area contributed by atoms with Gasteiger partial charge in [-0.15, -0.1) is 38.1 Å². The number of carboxylic acids is 1. The van der Waals surface area contributed by atoms with Gasteiger partial charge in [-0.2, -0.15) is 10.4 Å². The van der Waals surface area contributed by atoms with Crippen molar-refractivity contribution < 1.29 is 33.7 Å². The third-order valence-corrected chi connectivity index (χ3v) is 14.8. The Morgan fingerprint density at radius 1 is 0.575 bits per heavy atom. The molecule has 0 amide bonds. The van der Waals surface area contributed by atoms with Gasteiger partial charge in [-0.3, -0.25) is 0 Å². The highest BCUT2D eigenvalue weighted by atomic mass is 35.5. The molecule has 0 aliphatic heterocycles. The van der Waals surface area contributed by atoms with Gasteiger partial charge in [0.05, 0.1) is 67.0 Å². The van der Waals surface area contributed by atoms with E-state index in [-0.39, 0.29) is 35.3 Å². The van der Waals surface area contributed by atoms with Gasteiger partial charge in [-0.1, -0.05) is 145 Å². The molecule has 8 rings (SSSR count). The minimum absolute atomic E-state index is 0.124. The molecule has 16 nitrogen and oxygen atoms in total. The predicted octanol–water partition coefficient (Wildman–Crippen LogP) is 14.7. The highest BCUT2D eigenvalue weighted by Gasteiger charge is 2.23. The summed E-state index contributed by atoms with van der Waals surface area (Å²) in [5, 5.41) is 41.7. The van der Waals surface area contributed by atoms with Crippen LogP contribution in [0.4, 0.5) is 0 Å². The number of halogens is 8. The zero-order valence-electron chi connectivity index (χ0n) is 37.6. The van der Waals surface area contributed by atoms with Crippen LogP contribution in [-0.2, 0) is 16.0 Å². The summed E-state index contributed by atoms with van der Waals surface area (Å²) >= 11 is 54.5. The fourth-order valence-electron chi connectivity index (χ4n) is 5.24. The lowest BCUT2D eigenvalue weighted by Crippen LogP contribution is -2.08. The molecular weight excluding hydrogens is 1190 g/mol. The van der Waals surface area contributed by atoms with Crippen molar-refractivity contribution in [2.45, 2.75) is 55.1 Å². The Morgan fingerprint density at radius 2 is 1.01 bits per heavy atom. The van der Waals surface area contributed by atoms with Crippen LogP contribution >= 0.6 is 141 Å². The van der Waals surface area contributed by atoms with Crippen LogP contribution < -0.4 is 4.74 Å². The van der Waals surface area contributed by atoms with Gasteiger partial charge in [0.25, 0.3) is 0 Å². The Morgan fingerprint density at radius 3 is 1.45 bits per heavy atom. The molecule has 5 aromatic carbocycles. The van der Waals surface area contributed by atoms with Crippen LogP contribution in [0.1, 0.15) is 50.9 Å². The third-order valence-electron chi connectivity index (χ3n) is 8.57. The van der Waals surface area contributed by atoms with E-state index in [1.54, 1.807) is 92.4 Å². The topological polar surface area (TPSA) is 213 Å². The average molecular weight is 1230 g/mol. The molecule has 0 aliphatic rings. The fourth-order valence-corrected chi connectivity index (χ4v) is 9.57. The first-order valence-electron chi connectivity index (χ1n) is 20.4. The Bertz CT molecular complexity index is 3170. The number of rotatable bonds is 14. The van der Waals surface area contributed by atoms with Gasteiger partial charge >= 0.3 is 17.9 Å². The maximum Gasteiger partial charge on any atom is 0.361 e. The van der Waals surface area contributed by atoms with Crippen LogP contribution in [0.15, 0.2) is 132 Å². The van der Waals surface area contributed by atoms with E-state index in [4.69, 9.17) is 112 Å². The molecule has 0 radical (unpaired) electrons. The minimum atomic E-state index is -1.14. The molecule has 0 atom stereocenters. The van der Waals surface area contributed by atoms with Crippen LogP contribution in [0.5, 0.6) is 5.75 Å². The lowest BCUT2D eigenvalue weighted by atomic mass is 10.2. The molecule has 0 bridgehead atoms. The van der Waals surface area contributed by atoms with Crippen LogP contribution in [0.2, 0.25) is 40.2 Å². The number of aromatic nitrogens is 9. The van der Waals surface area contributed by atoms with E-state index in [0.717, 1.165) is 42.7 Å². The first-order chi connectivity index (χ1) is 34.9. The van der Waals surface area contributed by atoms with Crippen molar-refractivity contribution in [2.24, 2.45) is 0 Å². The molecule has 0 saturated heterocycles. The molecule has 0 spiro atoms. The number of carbonyl (C=O) groups excluding carboxylic acids is 2. The van der Waals surface area contributed by atoms with E-state index >= 15 is 0 Å². The van der Waals surface area contributed by atoms with Gasteiger partial charge in [0.2, 0.25) is 17.1 Å². The minimum Gasteiger partial charge on any atom is -0.497 e. The molecule has 3 N–H and O–H groups in total. The molecule has 3 heterocycles. The lowest BCUT2D eigenvalue weighted by Gasteiger charge is -2.09. The van der Waals surface area contributed by atoms with Gasteiger partial charge in [0, 0.05) is 19.6 Å². The van der Waals surface area contributed by atoms with E-state index in [0.29, 0.717) is 56.8 Å². The van der Waals surface area contributed by atoms with Crippen molar-refractivity contribution >= 4 is 159 Å². The standard InChI is InChI=1S/C19H17Cl2N3O3S.C11H9Cl2N3O2S.C9H5Cl2N3O2S.C6H4Cl2S/c1-3-27-19(25)17-18(28-14-8-9-15(20)16(21)10-14)24(23-22-17)11-12-4-6-13(26-2)7-5-12;1-2-18-11(17)9-10(15-16-14-9)19-6-3-4-7(12)8(13)5-6;10-5-2-1-4(3-6(5)11)17-8-7(9(15)16)12-14-13-8;7-5-2-1-4(9)3-6(5)8/h4-10H,3,11H2,1-2H3;3-5H,2H2,1H3,(H,14,15,16);1-3H,(H,15,16)(H,12,13,14);1-3,9H. The zero-order valence-corrected chi connectivity index (χ0v) is 47.0. The number of hydrogen-bond acceptors (Lipinski definition) is 16. The summed E-state index contributed by atoms with van der Waals surface area (Å²) in [6, 6.07) is 28.2. The summed E-state index contributed by atoms with van der Waals surface area (Å²) in [6.45, 7) is 4.43. The summed E-state index contributed by atoms with van der Waals surface area (Å²) < 4.78 is 16.8. The Kier molecular flexibility index (Phi) is 24.0. The quantitative estimate of drug-likeness (QED) is 0.0589. The van der Waals surface area contributed by atoms with Crippen molar-refractivity contribution in [3.05, 3.63) is 160 Å². The highest BCUT2D eigenvalue weighted by molar-refractivity contribution is 7.99. The molecular formula is C45H35Cl8N9O7S4. The number of methoxy groups -OCH3 is 1. The molecule has 3 aromatic heterocycles. The number of ether oxygens (including phenoxy) is 3. The lowest BCUT2D eigenvalue weighted by molar-refractivity contribution is 0.0505. The fraction of sp³-hybridized carbons (Fsp3) is 0.133. The Hall–Kier alpha value is -4.55. The van der Waals surface area contributed by atoms with Crippen molar-refractivity contribution in [2.75, 3.05) is 20.3 Å². The normalized spacial score (nSPS) is 10.5. The van der Waals surface area contributed by atoms with Crippen molar-refractivity contribution in [3.8, 4) is 5.75 Å². The van der Waals surface area contributed by atoms with Crippen molar-refractivity contribution in [1.29, 1.82) is 0 Å². The number of thiol groups is 1. The maximum absolute atomic E-state index is 12.3. The molecule has 28 heteroatoms.